The third-order valence-electron chi connectivity index (χ3n) is 4.09. The van der Waals surface area contributed by atoms with Crippen LogP contribution in [0.3, 0.4) is 0 Å². The Morgan fingerprint density at radius 2 is 1.94 bits per heavy atom. The molecule has 2 amide bonds. The van der Waals surface area contributed by atoms with Crippen LogP contribution in [-0.4, -0.2) is 48.5 Å². The van der Waals surface area contributed by atoms with E-state index < -0.39 is 0 Å². The summed E-state index contributed by atoms with van der Waals surface area (Å²) in [6, 6.07) is 7.51. The van der Waals surface area contributed by atoms with E-state index in [0.717, 1.165) is 11.1 Å². The summed E-state index contributed by atoms with van der Waals surface area (Å²) in [6.45, 7) is 2.44. The van der Waals surface area contributed by atoms with Gasteiger partial charge in [0, 0.05) is 6.54 Å². The molecule has 164 valence electrons. The summed E-state index contributed by atoms with van der Waals surface area (Å²) < 4.78 is 11.1. The van der Waals surface area contributed by atoms with Crippen LogP contribution < -0.4 is 20.1 Å². The zero-order chi connectivity index (χ0) is 22.2. The van der Waals surface area contributed by atoms with Gasteiger partial charge in [0.05, 0.1) is 24.8 Å². The lowest BCUT2D eigenvalue weighted by Gasteiger charge is -2.10. The lowest BCUT2D eigenvalue weighted by atomic mass is 10.1. The van der Waals surface area contributed by atoms with E-state index in [-0.39, 0.29) is 17.6 Å². The number of ether oxygens (including phenoxy) is 2. The zero-order valence-electron chi connectivity index (χ0n) is 17.3. The molecule has 0 saturated heterocycles. The molecule has 3 rings (SSSR count). The highest BCUT2D eigenvalue weighted by Crippen LogP contribution is 2.28. The van der Waals surface area contributed by atoms with E-state index >= 15 is 0 Å². The zero-order valence-corrected chi connectivity index (χ0v) is 19.7. The van der Waals surface area contributed by atoms with Crippen molar-refractivity contribution in [1.29, 1.82) is 0 Å². The second-order valence-electron chi connectivity index (χ2n) is 6.39. The number of hydrogen-bond donors (Lipinski definition) is 2. The number of benzene rings is 1. The number of thiophene rings is 1. The smallest absolute Gasteiger partial charge is 0.267 e. The largest absolute Gasteiger partial charge is 0.493 e. The van der Waals surface area contributed by atoms with Crippen molar-refractivity contribution in [2.45, 2.75) is 17.7 Å². The molecule has 31 heavy (non-hydrogen) atoms. The standard InChI is InChI=1S/C20H22N4O4S3/c1-12-8-16(29-10-12)18(26)22-19-23-24-20(31-19)30-11-17(25)21-7-6-13-4-5-14(27-2)15(9-13)28-3/h4-5,8-10H,6-7,11H2,1-3H3,(H,21,25)(H,22,23,26). The number of aromatic nitrogens is 2. The first-order chi connectivity index (χ1) is 15.0. The Morgan fingerprint density at radius 1 is 1.13 bits per heavy atom. The number of aryl methyl sites for hydroxylation is 1. The van der Waals surface area contributed by atoms with Gasteiger partial charge in [-0.2, -0.15) is 0 Å². The van der Waals surface area contributed by atoms with Crippen molar-refractivity contribution in [1.82, 2.24) is 15.5 Å². The molecule has 0 aliphatic heterocycles. The van der Waals surface area contributed by atoms with Crippen molar-refractivity contribution in [3.63, 3.8) is 0 Å². The van der Waals surface area contributed by atoms with Gasteiger partial charge in [-0.1, -0.05) is 29.2 Å². The van der Waals surface area contributed by atoms with Crippen molar-refractivity contribution in [2.24, 2.45) is 0 Å². The molecule has 0 fully saturated rings. The molecule has 0 atom stereocenters. The van der Waals surface area contributed by atoms with E-state index in [1.807, 2.05) is 36.6 Å². The van der Waals surface area contributed by atoms with Gasteiger partial charge in [0.25, 0.3) is 5.91 Å². The number of carbonyl (C=O) groups is 2. The molecule has 0 bridgehead atoms. The molecule has 0 saturated carbocycles. The molecule has 0 aliphatic rings. The van der Waals surface area contributed by atoms with Crippen LogP contribution in [0.15, 0.2) is 34.0 Å². The van der Waals surface area contributed by atoms with E-state index in [1.165, 1.54) is 34.4 Å². The number of nitrogens with zero attached hydrogens (tertiary/aromatic N) is 2. The number of anilines is 1. The highest BCUT2D eigenvalue weighted by Gasteiger charge is 2.13. The molecule has 0 radical (unpaired) electrons. The third-order valence-corrected chi connectivity index (χ3v) is 7.11. The van der Waals surface area contributed by atoms with E-state index in [9.17, 15) is 9.59 Å². The number of carbonyl (C=O) groups excluding carboxylic acids is 2. The van der Waals surface area contributed by atoms with Crippen LogP contribution in [0.2, 0.25) is 0 Å². The quantitative estimate of drug-likeness (QED) is 0.339. The van der Waals surface area contributed by atoms with E-state index in [4.69, 9.17) is 9.47 Å². The monoisotopic (exact) mass is 478 g/mol. The molecule has 2 aromatic heterocycles. The van der Waals surface area contributed by atoms with E-state index in [2.05, 4.69) is 20.8 Å². The summed E-state index contributed by atoms with van der Waals surface area (Å²) >= 11 is 3.90. The Kier molecular flexibility index (Phi) is 8.27. The van der Waals surface area contributed by atoms with Gasteiger partial charge in [-0.05, 0) is 48.1 Å². The number of methoxy groups -OCH3 is 2. The second kappa shape index (κ2) is 11.1. The molecule has 1 aromatic carbocycles. The Bertz CT molecular complexity index is 1050. The van der Waals surface area contributed by atoms with E-state index in [1.54, 1.807) is 14.2 Å². The average Bonchev–Trinajstić information content (AvgIpc) is 3.41. The van der Waals surface area contributed by atoms with Crippen LogP contribution >= 0.6 is 34.4 Å². The molecule has 0 unspecified atom stereocenters. The fourth-order valence-corrected chi connectivity index (χ4v) is 4.96. The maximum Gasteiger partial charge on any atom is 0.267 e. The van der Waals surface area contributed by atoms with Gasteiger partial charge in [0.2, 0.25) is 11.0 Å². The minimum absolute atomic E-state index is 0.0969. The highest BCUT2D eigenvalue weighted by molar-refractivity contribution is 8.01. The fourth-order valence-electron chi connectivity index (χ4n) is 2.59. The highest BCUT2D eigenvalue weighted by atomic mass is 32.2. The van der Waals surface area contributed by atoms with Crippen LogP contribution in [-0.2, 0) is 11.2 Å². The number of hydrogen-bond acceptors (Lipinski definition) is 9. The summed E-state index contributed by atoms with van der Waals surface area (Å²) in [6.07, 6.45) is 0.675. The summed E-state index contributed by atoms with van der Waals surface area (Å²) in [7, 11) is 3.18. The van der Waals surface area contributed by atoms with Gasteiger partial charge in [0.15, 0.2) is 15.8 Å². The topological polar surface area (TPSA) is 102 Å². The first-order valence-corrected chi connectivity index (χ1v) is 12.0. The van der Waals surface area contributed by atoms with Crippen LogP contribution in [0.1, 0.15) is 20.8 Å². The predicted molar refractivity (Wildman–Crippen MR) is 124 cm³/mol. The van der Waals surface area contributed by atoms with Gasteiger partial charge in [-0.3, -0.25) is 14.9 Å². The SMILES string of the molecule is COc1ccc(CCNC(=O)CSc2nnc(NC(=O)c3cc(C)cs3)s2)cc1OC. The van der Waals surface area contributed by atoms with Crippen LogP contribution in [0.5, 0.6) is 11.5 Å². The minimum Gasteiger partial charge on any atom is -0.493 e. The summed E-state index contributed by atoms with van der Waals surface area (Å²) in [5, 5.41) is 15.9. The molecule has 8 nitrogen and oxygen atoms in total. The maximum absolute atomic E-state index is 12.2. The number of amides is 2. The average molecular weight is 479 g/mol. The molecular weight excluding hydrogens is 456 g/mol. The van der Waals surface area contributed by atoms with Gasteiger partial charge in [-0.25, -0.2) is 0 Å². The Morgan fingerprint density at radius 3 is 2.65 bits per heavy atom. The molecule has 11 heteroatoms. The van der Waals surface area contributed by atoms with Crippen LogP contribution in [0, 0.1) is 6.92 Å². The predicted octanol–water partition coefficient (Wildman–Crippen LogP) is 3.63. The second-order valence-corrected chi connectivity index (χ2v) is 9.50. The molecule has 3 aromatic rings. The van der Waals surface area contributed by atoms with Gasteiger partial charge < -0.3 is 14.8 Å². The lowest BCUT2D eigenvalue weighted by Crippen LogP contribution is -2.27. The molecular formula is C20H22N4O4S3. The number of nitrogens with one attached hydrogen (secondary N) is 2. The van der Waals surface area contributed by atoms with Crippen LogP contribution in [0.4, 0.5) is 5.13 Å². The fraction of sp³-hybridized carbons (Fsp3) is 0.300. The summed E-state index contributed by atoms with van der Waals surface area (Å²) in [5.74, 6) is 1.25. The maximum atomic E-state index is 12.2. The van der Waals surface area contributed by atoms with Crippen molar-refractivity contribution in [3.05, 3.63) is 45.6 Å². The van der Waals surface area contributed by atoms with Crippen molar-refractivity contribution in [3.8, 4) is 11.5 Å². The summed E-state index contributed by atoms with van der Waals surface area (Å²) in [5.41, 5.74) is 2.08. The number of rotatable bonds is 10. The third kappa shape index (κ3) is 6.68. The first kappa shape index (κ1) is 23.0. The first-order valence-electron chi connectivity index (χ1n) is 9.29. The number of thioether (sulfide) groups is 1. The molecule has 0 spiro atoms. The lowest BCUT2D eigenvalue weighted by molar-refractivity contribution is -0.118. The van der Waals surface area contributed by atoms with Crippen molar-refractivity contribution in [2.75, 3.05) is 31.8 Å². The van der Waals surface area contributed by atoms with Gasteiger partial charge in [0.1, 0.15) is 0 Å². The van der Waals surface area contributed by atoms with E-state index in [0.29, 0.717) is 38.8 Å². The molecule has 2 N–H and O–H groups in total. The minimum atomic E-state index is -0.210. The Labute approximate surface area is 192 Å². The Balaban J connectivity index is 1.40. The summed E-state index contributed by atoms with van der Waals surface area (Å²) in [4.78, 5) is 24.9. The normalized spacial score (nSPS) is 10.5. The van der Waals surface area contributed by atoms with Crippen molar-refractivity contribution < 1.29 is 19.1 Å². The van der Waals surface area contributed by atoms with Gasteiger partial charge >= 0.3 is 0 Å². The molecule has 0 aliphatic carbocycles. The Hall–Kier alpha value is -2.63. The van der Waals surface area contributed by atoms with Gasteiger partial charge in [-0.15, -0.1) is 21.5 Å². The van der Waals surface area contributed by atoms with Crippen LogP contribution in [0.25, 0.3) is 0 Å². The van der Waals surface area contributed by atoms with Crippen molar-refractivity contribution >= 4 is 51.4 Å². The molecule has 2 heterocycles.